The third kappa shape index (κ3) is 3.01. The highest BCUT2D eigenvalue weighted by Crippen LogP contribution is 2.18. The number of hydrogen-bond acceptors (Lipinski definition) is 4. The Labute approximate surface area is 87.1 Å². The number of alkyl halides is 3. The molecular weight excluding hydrogens is 229 g/mol. The molecule has 86 valence electrons. The van der Waals surface area contributed by atoms with Gasteiger partial charge in [-0.05, 0) is 6.07 Å². The van der Waals surface area contributed by atoms with Gasteiger partial charge in [0.25, 0.3) is 5.69 Å². The van der Waals surface area contributed by atoms with Gasteiger partial charge in [-0.2, -0.15) is 13.2 Å². The first-order valence-corrected chi connectivity index (χ1v) is 4.00. The highest BCUT2D eigenvalue weighted by atomic mass is 19.4. The average Bonchev–Trinajstić information content (AvgIpc) is 2.17. The van der Waals surface area contributed by atoms with E-state index in [0.717, 1.165) is 18.3 Å². The van der Waals surface area contributed by atoms with Crippen LogP contribution in [0.15, 0.2) is 18.3 Å². The second-order valence-electron chi connectivity index (χ2n) is 2.86. The molecule has 0 aliphatic heterocycles. The minimum Gasteiger partial charge on any atom is -0.289 e. The zero-order valence-corrected chi connectivity index (χ0v) is 7.69. The van der Waals surface area contributed by atoms with E-state index in [1.807, 2.05) is 0 Å². The lowest BCUT2D eigenvalue weighted by Crippen LogP contribution is -2.24. The third-order valence-electron chi connectivity index (χ3n) is 1.68. The molecule has 0 radical (unpaired) electrons. The van der Waals surface area contributed by atoms with Crippen LogP contribution in [-0.2, 0) is 11.2 Å². The molecule has 0 aliphatic rings. The first kappa shape index (κ1) is 12.1. The van der Waals surface area contributed by atoms with Crippen LogP contribution in [-0.4, -0.2) is 21.9 Å². The van der Waals surface area contributed by atoms with Gasteiger partial charge in [-0.25, -0.2) is 0 Å². The molecule has 0 bridgehead atoms. The lowest BCUT2D eigenvalue weighted by Gasteiger charge is -2.03. The molecule has 0 atom stereocenters. The second kappa shape index (κ2) is 4.25. The molecule has 0 amide bonds. The minimum atomic E-state index is -4.91. The predicted octanol–water partition coefficient (Wildman–Crippen LogP) is 1.66. The van der Waals surface area contributed by atoms with E-state index in [2.05, 4.69) is 4.98 Å². The van der Waals surface area contributed by atoms with Gasteiger partial charge < -0.3 is 0 Å². The molecule has 0 N–H and O–H groups in total. The number of halogens is 3. The van der Waals surface area contributed by atoms with Crippen molar-refractivity contribution in [3.05, 3.63) is 34.1 Å². The van der Waals surface area contributed by atoms with Crippen molar-refractivity contribution >= 4 is 11.5 Å². The average molecular weight is 234 g/mol. The molecule has 0 aliphatic carbocycles. The minimum absolute atomic E-state index is 0.159. The van der Waals surface area contributed by atoms with E-state index in [1.165, 1.54) is 0 Å². The van der Waals surface area contributed by atoms with E-state index in [9.17, 15) is 28.1 Å². The molecule has 5 nitrogen and oxygen atoms in total. The quantitative estimate of drug-likeness (QED) is 0.588. The summed E-state index contributed by atoms with van der Waals surface area (Å²) in [6.45, 7) is 0. The van der Waals surface area contributed by atoms with Crippen molar-refractivity contribution < 1.29 is 22.9 Å². The fourth-order valence-electron chi connectivity index (χ4n) is 0.894. The predicted molar refractivity (Wildman–Crippen MR) is 45.7 cm³/mol. The SMILES string of the molecule is O=C(Cc1ccc([N+](=O)[O-])cn1)C(F)(F)F. The Bertz CT molecular complexity index is 414. The van der Waals surface area contributed by atoms with Crippen molar-refractivity contribution in [1.29, 1.82) is 0 Å². The summed E-state index contributed by atoms with van der Waals surface area (Å²) in [5, 5.41) is 10.2. The van der Waals surface area contributed by atoms with Gasteiger partial charge in [0.2, 0.25) is 5.78 Å². The number of rotatable bonds is 3. The summed E-state index contributed by atoms with van der Waals surface area (Å²) in [6, 6.07) is 2.01. The van der Waals surface area contributed by atoms with Crippen molar-refractivity contribution in [2.45, 2.75) is 12.6 Å². The molecule has 1 aromatic heterocycles. The van der Waals surface area contributed by atoms with E-state index in [0.29, 0.717) is 0 Å². The number of ketones is 1. The van der Waals surface area contributed by atoms with Crippen molar-refractivity contribution in [3.63, 3.8) is 0 Å². The standard InChI is InChI=1S/C8H5F3N2O3/c9-8(10,11)7(14)3-5-1-2-6(4-12-5)13(15)16/h1-2,4H,3H2. The third-order valence-corrected chi connectivity index (χ3v) is 1.68. The summed E-state index contributed by atoms with van der Waals surface area (Å²) in [5.74, 6) is -1.94. The molecule has 0 aromatic carbocycles. The normalized spacial score (nSPS) is 11.2. The molecule has 8 heteroatoms. The molecule has 1 aromatic rings. The number of Topliss-reactive ketones (excluding diaryl/α,β-unsaturated/α-hetero) is 1. The van der Waals surface area contributed by atoms with Crippen LogP contribution >= 0.6 is 0 Å². The highest BCUT2D eigenvalue weighted by Gasteiger charge is 2.38. The largest absolute Gasteiger partial charge is 0.450 e. The zero-order valence-electron chi connectivity index (χ0n) is 7.69. The lowest BCUT2D eigenvalue weighted by molar-refractivity contribution is -0.385. The number of pyridine rings is 1. The summed E-state index contributed by atoms with van der Waals surface area (Å²) in [5.41, 5.74) is -0.504. The van der Waals surface area contributed by atoms with E-state index >= 15 is 0 Å². The topological polar surface area (TPSA) is 73.1 Å². The highest BCUT2D eigenvalue weighted by molar-refractivity contribution is 5.85. The zero-order chi connectivity index (χ0) is 12.3. The Morgan fingerprint density at radius 2 is 2.06 bits per heavy atom. The fraction of sp³-hybridized carbons (Fsp3) is 0.250. The molecular formula is C8H5F3N2O3. The second-order valence-corrected chi connectivity index (χ2v) is 2.86. The van der Waals surface area contributed by atoms with Crippen molar-refractivity contribution in [1.82, 2.24) is 4.98 Å². The Morgan fingerprint density at radius 3 is 2.44 bits per heavy atom. The van der Waals surface area contributed by atoms with Crippen LogP contribution in [0.4, 0.5) is 18.9 Å². The van der Waals surface area contributed by atoms with Crippen LogP contribution in [0.5, 0.6) is 0 Å². The van der Waals surface area contributed by atoms with Gasteiger partial charge in [-0.3, -0.25) is 19.9 Å². The van der Waals surface area contributed by atoms with Crippen LogP contribution < -0.4 is 0 Å². The van der Waals surface area contributed by atoms with Gasteiger partial charge in [-0.1, -0.05) is 0 Å². The molecule has 0 saturated heterocycles. The van der Waals surface area contributed by atoms with Gasteiger partial charge in [-0.15, -0.1) is 0 Å². The Kier molecular flexibility index (Phi) is 3.21. The molecule has 0 spiro atoms. The summed E-state index contributed by atoms with van der Waals surface area (Å²) < 4.78 is 35.6. The number of nitrogens with zero attached hydrogens (tertiary/aromatic N) is 2. The molecule has 0 saturated carbocycles. The van der Waals surface area contributed by atoms with Crippen LogP contribution in [0.1, 0.15) is 5.69 Å². The number of carbonyl (C=O) groups excluding carboxylic acids is 1. The maximum atomic E-state index is 11.9. The van der Waals surface area contributed by atoms with Crippen molar-refractivity contribution in [3.8, 4) is 0 Å². The maximum absolute atomic E-state index is 11.9. The fourth-order valence-corrected chi connectivity index (χ4v) is 0.894. The lowest BCUT2D eigenvalue weighted by atomic mass is 10.2. The van der Waals surface area contributed by atoms with Gasteiger partial charge in [0.15, 0.2) is 0 Å². The number of hydrogen-bond donors (Lipinski definition) is 0. The molecule has 16 heavy (non-hydrogen) atoms. The van der Waals surface area contributed by atoms with Crippen LogP contribution in [0.3, 0.4) is 0 Å². The Morgan fingerprint density at radius 1 is 1.44 bits per heavy atom. The van der Waals surface area contributed by atoms with Gasteiger partial charge in [0.05, 0.1) is 11.3 Å². The summed E-state index contributed by atoms with van der Waals surface area (Å²) in [6.07, 6.45) is -5.02. The van der Waals surface area contributed by atoms with Gasteiger partial charge >= 0.3 is 6.18 Å². The summed E-state index contributed by atoms with van der Waals surface area (Å²) >= 11 is 0. The monoisotopic (exact) mass is 234 g/mol. The van der Waals surface area contributed by atoms with E-state index in [-0.39, 0.29) is 11.4 Å². The van der Waals surface area contributed by atoms with Crippen molar-refractivity contribution in [2.75, 3.05) is 0 Å². The van der Waals surface area contributed by atoms with Gasteiger partial charge in [0, 0.05) is 11.8 Å². The summed E-state index contributed by atoms with van der Waals surface area (Å²) in [4.78, 5) is 23.4. The first-order valence-electron chi connectivity index (χ1n) is 4.00. The van der Waals surface area contributed by atoms with Gasteiger partial charge in [0.1, 0.15) is 6.20 Å². The molecule has 1 rings (SSSR count). The Balaban J connectivity index is 2.77. The van der Waals surface area contributed by atoms with Crippen LogP contribution in [0.25, 0.3) is 0 Å². The first-order chi connectivity index (χ1) is 7.30. The van der Waals surface area contributed by atoms with Crippen LogP contribution in [0, 0.1) is 10.1 Å². The Hall–Kier alpha value is -1.99. The summed E-state index contributed by atoms with van der Waals surface area (Å²) in [7, 11) is 0. The van der Waals surface area contributed by atoms with E-state index in [4.69, 9.17) is 0 Å². The molecule has 1 heterocycles. The smallest absolute Gasteiger partial charge is 0.289 e. The number of carbonyl (C=O) groups is 1. The molecule has 0 unspecified atom stereocenters. The molecule has 0 fully saturated rings. The van der Waals surface area contributed by atoms with E-state index in [1.54, 1.807) is 0 Å². The van der Waals surface area contributed by atoms with Crippen molar-refractivity contribution in [2.24, 2.45) is 0 Å². The maximum Gasteiger partial charge on any atom is 0.450 e. The number of nitro groups is 1. The van der Waals surface area contributed by atoms with Crippen LogP contribution in [0.2, 0.25) is 0 Å². The van der Waals surface area contributed by atoms with E-state index < -0.39 is 23.3 Å². The number of aromatic nitrogens is 1.